The van der Waals surface area contributed by atoms with Crippen molar-refractivity contribution in [1.29, 1.82) is 0 Å². The monoisotopic (exact) mass is 338 g/mol. The summed E-state index contributed by atoms with van der Waals surface area (Å²) in [6, 6.07) is 0. The summed E-state index contributed by atoms with van der Waals surface area (Å²) < 4.78 is 2.22. The Morgan fingerprint density at radius 2 is 0.923 bits per heavy atom. The molecule has 0 aliphatic rings. The molecule has 0 rings (SSSR count). The minimum Gasteiger partial charge on any atom is -0.282 e. The van der Waals surface area contributed by atoms with Crippen LogP contribution in [0, 0.1) is 0 Å². The molecule has 0 aliphatic carbocycles. The Balaban J connectivity index is -0.000000500. The van der Waals surface area contributed by atoms with Crippen LogP contribution in [0.1, 0.15) is 13.8 Å². The van der Waals surface area contributed by atoms with Crippen LogP contribution >= 0.6 is 0 Å². The van der Waals surface area contributed by atoms with Crippen LogP contribution in [0.15, 0.2) is 0 Å². The maximum Gasteiger partial charge on any atom is 0.206 e. The van der Waals surface area contributed by atoms with Gasteiger partial charge in [0.2, 0.25) is 6.67 Å². The summed E-state index contributed by atoms with van der Waals surface area (Å²) in [6.07, 6.45) is 0. The van der Waals surface area contributed by atoms with E-state index < -0.39 is 0 Å². The first kappa shape index (κ1) is 20.5. The van der Waals surface area contributed by atoms with E-state index >= 15 is 0 Å². The topological polar surface area (TPSA) is 0 Å². The van der Waals surface area contributed by atoms with E-state index in [1.807, 2.05) is 0 Å². The second-order valence-corrected chi connectivity index (χ2v) is 4.65. The first-order chi connectivity index (χ1) is 4.83. The molecular formula is C9H24N2Y2+2. The van der Waals surface area contributed by atoms with Crippen LogP contribution in [-0.4, -0.2) is 56.9 Å². The van der Waals surface area contributed by atoms with Crippen LogP contribution < -0.4 is 0 Å². The van der Waals surface area contributed by atoms with Gasteiger partial charge in [0.05, 0.1) is 41.3 Å². The van der Waals surface area contributed by atoms with Gasteiger partial charge in [-0.3, -0.25) is 8.97 Å². The average Bonchev–Trinajstić information content (AvgIpc) is 1.86. The molecule has 0 unspecified atom stereocenters. The third-order valence-corrected chi connectivity index (χ3v) is 2.48. The van der Waals surface area contributed by atoms with Gasteiger partial charge in [0.15, 0.2) is 0 Å². The van der Waals surface area contributed by atoms with Crippen molar-refractivity contribution in [2.75, 3.05) is 47.9 Å². The molecule has 0 saturated carbocycles. The van der Waals surface area contributed by atoms with Crippen LogP contribution in [-0.2, 0) is 65.4 Å². The van der Waals surface area contributed by atoms with Gasteiger partial charge in [-0.25, -0.2) is 0 Å². The Labute approximate surface area is 134 Å². The fraction of sp³-hybridized carbons (Fsp3) is 1.00. The van der Waals surface area contributed by atoms with Crippen molar-refractivity contribution in [3.05, 3.63) is 0 Å². The summed E-state index contributed by atoms with van der Waals surface area (Å²) in [6.45, 7) is 8.13. The van der Waals surface area contributed by atoms with E-state index in [0.717, 1.165) is 8.97 Å². The number of hydrogen-bond acceptors (Lipinski definition) is 0. The zero-order valence-corrected chi connectivity index (χ0v) is 15.8. The predicted octanol–water partition coefficient (Wildman–Crippen LogP) is 1.13. The van der Waals surface area contributed by atoms with E-state index in [9.17, 15) is 0 Å². The van der Waals surface area contributed by atoms with E-state index in [1.54, 1.807) is 0 Å². The van der Waals surface area contributed by atoms with E-state index in [4.69, 9.17) is 0 Å². The van der Waals surface area contributed by atoms with Crippen LogP contribution in [0.2, 0.25) is 0 Å². The van der Waals surface area contributed by atoms with Gasteiger partial charge < -0.3 is 0 Å². The van der Waals surface area contributed by atoms with Crippen molar-refractivity contribution in [2.24, 2.45) is 0 Å². The van der Waals surface area contributed by atoms with Crippen molar-refractivity contribution in [3.8, 4) is 0 Å². The van der Waals surface area contributed by atoms with Gasteiger partial charge in [-0.2, -0.15) is 0 Å². The molecular weight excluding hydrogens is 314 g/mol. The number of quaternary nitrogens is 2. The van der Waals surface area contributed by atoms with Gasteiger partial charge in [0.1, 0.15) is 0 Å². The molecule has 0 bridgehead atoms. The molecule has 0 aromatic carbocycles. The van der Waals surface area contributed by atoms with E-state index in [-0.39, 0.29) is 65.4 Å². The zero-order chi connectivity index (χ0) is 9.12. The van der Waals surface area contributed by atoms with Crippen molar-refractivity contribution in [1.82, 2.24) is 0 Å². The van der Waals surface area contributed by atoms with Crippen molar-refractivity contribution in [2.45, 2.75) is 13.8 Å². The first-order valence-corrected chi connectivity index (χ1v) is 4.47. The molecule has 4 heteroatoms. The van der Waals surface area contributed by atoms with Crippen LogP contribution in [0.25, 0.3) is 0 Å². The summed E-state index contributed by atoms with van der Waals surface area (Å²) >= 11 is 0. The molecule has 0 N–H and O–H groups in total. The Bertz CT molecular complexity index is 111. The summed E-state index contributed by atoms with van der Waals surface area (Å²) in [5, 5.41) is 0. The summed E-state index contributed by atoms with van der Waals surface area (Å²) in [5.41, 5.74) is 0. The maximum atomic E-state index is 2.29. The number of nitrogens with zero attached hydrogens (tertiary/aromatic N) is 2. The second-order valence-electron chi connectivity index (χ2n) is 4.65. The molecule has 74 valence electrons. The Morgan fingerprint density at radius 3 is 1.08 bits per heavy atom. The van der Waals surface area contributed by atoms with Crippen molar-refractivity contribution < 1.29 is 74.4 Å². The van der Waals surface area contributed by atoms with Gasteiger partial charge in [0.25, 0.3) is 0 Å². The molecule has 0 aromatic rings. The standard InChI is InChI=1S/C9H24N2.2Y/c1-7-10(3,4)9-11(5,6)8-2;;/h7-9H2,1-6H3;;/q+2;;. The predicted molar refractivity (Wildman–Crippen MR) is 50.2 cm³/mol. The Morgan fingerprint density at radius 1 is 0.692 bits per heavy atom. The molecule has 0 fully saturated rings. The van der Waals surface area contributed by atoms with Crippen LogP contribution in [0.5, 0.6) is 0 Å². The third kappa shape index (κ3) is 10.4. The summed E-state index contributed by atoms with van der Waals surface area (Å²) in [4.78, 5) is 0. The van der Waals surface area contributed by atoms with Crippen molar-refractivity contribution >= 4 is 0 Å². The molecule has 0 saturated heterocycles. The zero-order valence-electron chi connectivity index (χ0n) is 10.2. The Kier molecular flexibility index (Phi) is 13.1. The molecule has 0 atom stereocenters. The summed E-state index contributed by atoms with van der Waals surface area (Å²) in [5.74, 6) is 0. The van der Waals surface area contributed by atoms with Gasteiger partial charge in [-0.05, 0) is 13.8 Å². The smallest absolute Gasteiger partial charge is 0.206 e. The van der Waals surface area contributed by atoms with E-state index in [2.05, 4.69) is 42.0 Å². The third-order valence-electron chi connectivity index (χ3n) is 2.48. The summed E-state index contributed by atoms with van der Waals surface area (Å²) in [7, 11) is 9.15. The number of hydrogen-bond donors (Lipinski definition) is 0. The molecule has 13 heavy (non-hydrogen) atoms. The van der Waals surface area contributed by atoms with Crippen LogP contribution in [0.3, 0.4) is 0 Å². The van der Waals surface area contributed by atoms with Crippen molar-refractivity contribution in [3.63, 3.8) is 0 Å². The normalized spacial score (nSPS) is 11.5. The fourth-order valence-electron chi connectivity index (χ4n) is 1.24. The molecule has 2 nitrogen and oxygen atoms in total. The first-order valence-electron chi connectivity index (χ1n) is 4.47. The molecule has 0 aromatic heterocycles. The molecule has 0 heterocycles. The molecule has 2 radical (unpaired) electrons. The Hall–Kier alpha value is 2.13. The maximum absolute atomic E-state index is 2.29. The number of rotatable bonds is 4. The molecule has 0 aliphatic heterocycles. The average molecular weight is 338 g/mol. The van der Waals surface area contributed by atoms with E-state index in [0.29, 0.717) is 0 Å². The fourth-order valence-corrected chi connectivity index (χ4v) is 1.24. The van der Waals surface area contributed by atoms with Gasteiger partial charge in [0, 0.05) is 65.4 Å². The van der Waals surface area contributed by atoms with Gasteiger partial charge >= 0.3 is 0 Å². The van der Waals surface area contributed by atoms with E-state index in [1.165, 1.54) is 19.8 Å². The quantitative estimate of drug-likeness (QED) is 0.533. The second kappa shape index (κ2) is 8.30. The van der Waals surface area contributed by atoms with Crippen LogP contribution in [0.4, 0.5) is 0 Å². The van der Waals surface area contributed by atoms with Gasteiger partial charge in [-0.15, -0.1) is 0 Å². The minimum absolute atomic E-state index is 0. The SMILES string of the molecule is CC[N+](C)(C)C[N+](C)(C)CC.[Y].[Y]. The van der Waals surface area contributed by atoms with Gasteiger partial charge in [-0.1, -0.05) is 0 Å². The largest absolute Gasteiger partial charge is 0.282 e. The molecule has 0 spiro atoms. The molecule has 0 amide bonds. The minimum atomic E-state index is 0.